The molecule has 1 aliphatic rings. The Labute approximate surface area is 116 Å². The number of benzene rings is 1. The first-order valence-electron chi connectivity index (χ1n) is 7.51. The Morgan fingerprint density at radius 3 is 2.58 bits per heavy atom. The summed E-state index contributed by atoms with van der Waals surface area (Å²) >= 11 is 0. The van der Waals surface area contributed by atoms with Crippen LogP contribution in [0, 0.1) is 0 Å². The van der Waals surface area contributed by atoms with E-state index < -0.39 is 0 Å². The largest absolute Gasteiger partial charge is 0.508 e. The summed E-state index contributed by atoms with van der Waals surface area (Å²) in [7, 11) is 0. The van der Waals surface area contributed by atoms with Gasteiger partial charge < -0.3 is 10.4 Å². The van der Waals surface area contributed by atoms with Crippen molar-refractivity contribution in [3.05, 3.63) is 29.8 Å². The van der Waals surface area contributed by atoms with Gasteiger partial charge in [0.2, 0.25) is 0 Å². The highest BCUT2D eigenvalue weighted by Gasteiger charge is 2.22. The van der Waals surface area contributed by atoms with E-state index in [4.69, 9.17) is 0 Å². The summed E-state index contributed by atoms with van der Waals surface area (Å²) in [5.74, 6) is 0.346. The van der Waals surface area contributed by atoms with Gasteiger partial charge in [-0.05, 0) is 50.0 Å². The SMILES string of the molecule is CCC(c1ccc(O)cc1)N(CC)CC1CCCN1. The van der Waals surface area contributed by atoms with Crippen LogP contribution in [0.3, 0.4) is 0 Å². The fourth-order valence-corrected chi connectivity index (χ4v) is 3.07. The van der Waals surface area contributed by atoms with Gasteiger partial charge in [-0.3, -0.25) is 4.90 Å². The Morgan fingerprint density at radius 1 is 1.32 bits per heavy atom. The molecule has 2 unspecified atom stereocenters. The Bertz CT molecular complexity index is 371. The number of phenolic OH excluding ortho intramolecular Hbond substituents is 1. The third kappa shape index (κ3) is 3.71. The van der Waals surface area contributed by atoms with Crippen LogP contribution in [0.25, 0.3) is 0 Å². The maximum Gasteiger partial charge on any atom is 0.115 e. The fourth-order valence-electron chi connectivity index (χ4n) is 3.07. The molecule has 106 valence electrons. The molecule has 0 amide bonds. The van der Waals surface area contributed by atoms with Crippen molar-refractivity contribution in [1.29, 1.82) is 0 Å². The molecule has 0 bridgehead atoms. The lowest BCUT2D eigenvalue weighted by atomic mass is 10.0. The minimum absolute atomic E-state index is 0.346. The van der Waals surface area contributed by atoms with Crippen molar-refractivity contribution in [1.82, 2.24) is 10.2 Å². The van der Waals surface area contributed by atoms with Gasteiger partial charge in [0.05, 0.1) is 0 Å². The lowest BCUT2D eigenvalue weighted by Gasteiger charge is -2.32. The predicted molar refractivity (Wildman–Crippen MR) is 79.4 cm³/mol. The maximum atomic E-state index is 9.41. The predicted octanol–water partition coefficient (Wildman–Crippen LogP) is 2.92. The Morgan fingerprint density at radius 2 is 2.05 bits per heavy atom. The maximum absolute atomic E-state index is 9.41. The van der Waals surface area contributed by atoms with Crippen LogP contribution in [0.1, 0.15) is 44.7 Å². The zero-order chi connectivity index (χ0) is 13.7. The first-order chi connectivity index (χ1) is 9.24. The lowest BCUT2D eigenvalue weighted by molar-refractivity contribution is 0.185. The van der Waals surface area contributed by atoms with E-state index >= 15 is 0 Å². The van der Waals surface area contributed by atoms with Crippen molar-refractivity contribution in [3.63, 3.8) is 0 Å². The molecule has 1 heterocycles. The number of nitrogens with one attached hydrogen (secondary N) is 1. The van der Waals surface area contributed by atoms with Crippen LogP contribution in [0.15, 0.2) is 24.3 Å². The number of nitrogens with zero attached hydrogens (tertiary/aromatic N) is 1. The number of hydrogen-bond donors (Lipinski definition) is 2. The van der Waals surface area contributed by atoms with Crippen molar-refractivity contribution in [2.45, 2.75) is 45.2 Å². The molecule has 0 radical (unpaired) electrons. The highest BCUT2D eigenvalue weighted by Crippen LogP contribution is 2.26. The van der Waals surface area contributed by atoms with Crippen molar-refractivity contribution in [3.8, 4) is 5.75 Å². The van der Waals surface area contributed by atoms with Gasteiger partial charge in [-0.2, -0.15) is 0 Å². The van der Waals surface area contributed by atoms with Gasteiger partial charge in [-0.25, -0.2) is 0 Å². The van der Waals surface area contributed by atoms with E-state index in [9.17, 15) is 5.11 Å². The van der Waals surface area contributed by atoms with E-state index in [-0.39, 0.29) is 0 Å². The van der Waals surface area contributed by atoms with Crippen LogP contribution < -0.4 is 5.32 Å². The monoisotopic (exact) mass is 262 g/mol. The van der Waals surface area contributed by atoms with E-state index in [0.29, 0.717) is 17.8 Å². The first-order valence-corrected chi connectivity index (χ1v) is 7.51. The van der Waals surface area contributed by atoms with Crippen LogP contribution in [0.5, 0.6) is 5.75 Å². The summed E-state index contributed by atoms with van der Waals surface area (Å²) in [6.07, 6.45) is 3.70. The zero-order valence-corrected chi connectivity index (χ0v) is 12.1. The van der Waals surface area contributed by atoms with Crippen molar-refractivity contribution >= 4 is 0 Å². The highest BCUT2D eigenvalue weighted by molar-refractivity contribution is 5.28. The molecule has 3 nitrogen and oxygen atoms in total. The third-order valence-corrected chi connectivity index (χ3v) is 4.13. The van der Waals surface area contributed by atoms with Crippen LogP contribution >= 0.6 is 0 Å². The normalized spacial score (nSPS) is 20.9. The number of hydrogen-bond acceptors (Lipinski definition) is 3. The fraction of sp³-hybridized carbons (Fsp3) is 0.625. The second-order valence-corrected chi connectivity index (χ2v) is 5.40. The zero-order valence-electron chi connectivity index (χ0n) is 12.1. The summed E-state index contributed by atoms with van der Waals surface area (Å²) in [6, 6.07) is 8.78. The summed E-state index contributed by atoms with van der Waals surface area (Å²) in [6.45, 7) is 7.83. The Hall–Kier alpha value is -1.06. The van der Waals surface area contributed by atoms with E-state index in [1.165, 1.54) is 18.4 Å². The lowest BCUT2D eigenvalue weighted by Crippen LogP contribution is -2.39. The Balaban J connectivity index is 2.06. The molecule has 3 heteroatoms. The van der Waals surface area contributed by atoms with Crippen molar-refractivity contribution in [2.75, 3.05) is 19.6 Å². The average Bonchev–Trinajstić information content (AvgIpc) is 2.93. The van der Waals surface area contributed by atoms with Gasteiger partial charge in [0.25, 0.3) is 0 Å². The van der Waals surface area contributed by atoms with Gasteiger partial charge in [-0.1, -0.05) is 26.0 Å². The van der Waals surface area contributed by atoms with Crippen LogP contribution in [0.2, 0.25) is 0 Å². The number of phenols is 1. The summed E-state index contributed by atoms with van der Waals surface area (Å²) < 4.78 is 0. The van der Waals surface area contributed by atoms with Gasteiger partial charge in [0.15, 0.2) is 0 Å². The second kappa shape index (κ2) is 6.92. The molecule has 2 N–H and O–H groups in total. The topological polar surface area (TPSA) is 35.5 Å². The molecule has 1 aliphatic heterocycles. The molecule has 0 spiro atoms. The molecular weight excluding hydrogens is 236 g/mol. The van der Waals surface area contributed by atoms with Crippen LogP contribution in [-0.4, -0.2) is 35.7 Å². The third-order valence-electron chi connectivity index (χ3n) is 4.13. The highest BCUT2D eigenvalue weighted by atomic mass is 16.3. The molecule has 1 aromatic carbocycles. The van der Waals surface area contributed by atoms with Crippen molar-refractivity contribution in [2.24, 2.45) is 0 Å². The number of aromatic hydroxyl groups is 1. The second-order valence-electron chi connectivity index (χ2n) is 5.40. The molecular formula is C16H26N2O. The van der Waals surface area contributed by atoms with Crippen LogP contribution in [0.4, 0.5) is 0 Å². The molecule has 1 fully saturated rings. The van der Waals surface area contributed by atoms with Crippen molar-refractivity contribution < 1.29 is 5.11 Å². The molecule has 2 rings (SSSR count). The standard InChI is InChI=1S/C16H26N2O/c1-3-16(13-7-9-15(19)10-8-13)18(4-2)12-14-6-5-11-17-14/h7-10,14,16-17,19H,3-6,11-12H2,1-2H3. The summed E-state index contributed by atoms with van der Waals surface area (Å²) in [5.41, 5.74) is 1.31. The molecule has 19 heavy (non-hydrogen) atoms. The Kier molecular flexibility index (Phi) is 5.23. The van der Waals surface area contributed by atoms with Gasteiger partial charge in [0.1, 0.15) is 5.75 Å². The van der Waals surface area contributed by atoms with E-state index in [1.807, 2.05) is 12.1 Å². The minimum Gasteiger partial charge on any atom is -0.508 e. The van der Waals surface area contributed by atoms with E-state index in [2.05, 4.69) is 24.1 Å². The summed E-state index contributed by atoms with van der Waals surface area (Å²) in [5, 5.41) is 13.0. The van der Waals surface area contributed by atoms with Crippen LogP contribution in [-0.2, 0) is 0 Å². The number of likely N-dealkylation sites (N-methyl/N-ethyl adjacent to an activating group) is 1. The van der Waals surface area contributed by atoms with E-state index in [1.54, 1.807) is 12.1 Å². The summed E-state index contributed by atoms with van der Waals surface area (Å²) in [4.78, 5) is 2.55. The molecule has 2 atom stereocenters. The molecule has 0 saturated carbocycles. The molecule has 0 aliphatic carbocycles. The molecule has 0 aromatic heterocycles. The average molecular weight is 262 g/mol. The van der Waals surface area contributed by atoms with E-state index in [0.717, 1.165) is 26.1 Å². The van der Waals surface area contributed by atoms with Gasteiger partial charge >= 0.3 is 0 Å². The first kappa shape index (κ1) is 14.4. The number of rotatable bonds is 6. The van der Waals surface area contributed by atoms with Gasteiger partial charge in [-0.15, -0.1) is 0 Å². The van der Waals surface area contributed by atoms with Gasteiger partial charge in [0, 0.05) is 18.6 Å². The minimum atomic E-state index is 0.346. The molecule has 1 saturated heterocycles. The quantitative estimate of drug-likeness (QED) is 0.827. The molecule has 1 aromatic rings. The smallest absolute Gasteiger partial charge is 0.115 e.